The minimum Gasteiger partial charge on any atom is -0.467 e. The summed E-state index contributed by atoms with van der Waals surface area (Å²) in [5.74, 6) is 1.75. The highest BCUT2D eigenvalue weighted by Crippen LogP contribution is 2.34. The standard InChI is InChI=1S/C30H23FN4OS/c1-20-9-7-12-22(28(20)31)19-37-30-34-33-29(35(30)18-23-13-8-16-36-23)25-17-27(21-10-3-2-4-11-21)32-26-15-6-5-14-24(25)26/h2-17H,18-19H2,1H3. The molecule has 7 heteroatoms. The van der Waals surface area contributed by atoms with Gasteiger partial charge in [-0.1, -0.05) is 78.5 Å². The Morgan fingerprint density at radius 1 is 0.892 bits per heavy atom. The number of fused-ring (bicyclic) bond motifs is 1. The van der Waals surface area contributed by atoms with Crippen LogP contribution < -0.4 is 0 Å². The summed E-state index contributed by atoms with van der Waals surface area (Å²) >= 11 is 1.46. The zero-order chi connectivity index (χ0) is 25.2. The molecule has 0 atom stereocenters. The van der Waals surface area contributed by atoms with Crippen molar-refractivity contribution in [2.24, 2.45) is 0 Å². The van der Waals surface area contributed by atoms with Crippen LogP contribution in [0.15, 0.2) is 107 Å². The van der Waals surface area contributed by atoms with E-state index in [1.807, 2.05) is 83.4 Å². The number of para-hydroxylation sites is 1. The summed E-state index contributed by atoms with van der Waals surface area (Å²) in [6, 6.07) is 29.5. The Morgan fingerprint density at radius 3 is 2.57 bits per heavy atom. The molecule has 0 unspecified atom stereocenters. The van der Waals surface area contributed by atoms with Gasteiger partial charge in [-0.25, -0.2) is 9.37 Å². The molecular formula is C30H23FN4OS. The number of benzene rings is 3. The molecule has 0 N–H and O–H groups in total. The molecule has 3 aromatic carbocycles. The van der Waals surface area contributed by atoms with Crippen molar-refractivity contribution in [3.05, 3.63) is 120 Å². The maximum Gasteiger partial charge on any atom is 0.192 e. The molecule has 3 heterocycles. The Bertz CT molecular complexity index is 1680. The maximum atomic E-state index is 14.7. The molecule has 0 amide bonds. The smallest absolute Gasteiger partial charge is 0.192 e. The molecule has 0 aliphatic carbocycles. The number of pyridine rings is 1. The second-order valence-corrected chi connectivity index (χ2v) is 9.69. The quantitative estimate of drug-likeness (QED) is 0.209. The van der Waals surface area contributed by atoms with E-state index >= 15 is 0 Å². The topological polar surface area (TPSA) is 56.7 Å². The third-order valence-electron chi connectivity index (χ3n) is 6.27. The van der Waals surface area contributed by atoms with Crippen LogP contribution in [0.5, 0.6) is 0 Å². The molecular weight excluding hydrogens is 483 g/mol. The molecule has 0 bridgehead atoms. The van der Waals surface area contributed by atoms with E-state index in [0.717, 1.165) is 33.5 Å². The minimum atomic E-state index is -0.181. The largest absolute Gasteiger partial charge is 0.467 e. The van der Waals surface area contributed by atoms with Gasteiger partial charge in [0.2, 0.25) is 0 Å². The maximum absolute atomic E-state index is 14.7. The summed E-state index contributed by atoms with van der Waals surface area (Å²) < 4.78 is 22.4. The van der Waals surface area contributed by atoms with E-state index in [2.05, 4.69) is 16.3 Å². The number of aromatic nitrogens is 4. The van der Waals surface area contributed by atoms with E-state index in [0.29, 0.717) is 34.4 Å². The first-order valence-electron chi connectivity index (χ1n) is 12.0. The van der Waals surface area contributed by atoms with Crippen LogP contribution in [0, 0.1) is 12.7 Å². The van der Waals surface area contributed by atoms with E-state index in [4.69, 9.17) is 9.40 Å². The average molecular weight is 507 g/mol. The summed E-state index contributed by atoms with van der Waals surface area (Å²) in [5.41, 5.74) is 4.96. The first-order chi connectivity index (χ1) is 18.2. The van der Waals surface area contributed by atoms with E-state index in [1.165, 1.54) is 11.8 Å². The Balaban J connectivity index is 1.47. The van der Waals surface area contributed by atoms with E-state index in [1.54, 1.807) is 19.3 Å². The van der Waals surface area contributed by atoms with Crippen molar-refractivity contribution >= 4 is 22.7 Å². The lowest BCUT2D eigenvalue weighted by Crippen LogP contribution is -2.04. The van der Waals surface area contributed by atoms with Crippen LogP contribution in [0.1, 0.15) is 16.9 Å². The van der Waals surface area contributed by atoms with Gasteiger partial charge in [-0.15, -0.1) is 10.2 Å². The van der Waals surface area contributed by atoms with Gasteiger partial charge in [0.15, 0.2) is 11.0 Å². The van der Waals surface area contributed by atoms with Gasteiger partial charge in [-0.3, -0.25) is 4.57 Å². The summed E-state index contributed by atoms with van der Waals surface area (Å²) in [6.07, 6.45) is 1.66. The SMILES string of the molecule is Cc1cccc(CSc2nnc(-c3cc(-c4ccccc4)nc4ccccc34)n2Cc2ccco2)c1F. The fourth-order valence-electron chi connectivity index (χ4n) is 4.37. The molecule has 0 saturated heterocycles. The van der Waals surface area contributed by atoms with Gasteiger partial charge in [0.25, 0.3) is 0 Å². The monoisotopic (exact) mass is 506 g/mol. The van der Waals surface area contributed by atoms with Gasteiger partial charge >= 0.3 is 0 Å². The van der Waals surface area contributed by atoms with Gasteiger partial charge < -0.3 is 4.42 Å². The highest BCUT2D eigenvalue weighted by molar-refractivity contribution is 7.98. The normalized spacial score (nSPS) is 11.3. The van der Waals surface area contributed by atoms with Crippen LogP contribution in [0.25, 0.3) is 33.5 Å². The van der Waals surface area contributed by atoms with Gasteiger partial charge in [-0.05, 0) is 42.3 Å². The van der Waals surface area contributed by atoms with Crippen molar-refractivity contribution < 1.29 is 8.81 Å². The molecule has 182 valence electrons. The van der Waals surface area contributed by atoms with Crippen LogP contribution in [-0.2, 0) is 12.3 Å². The Labute approximate surface area is 218 Å². The van der Waals surface area contributed by atoms with Crippen molar-refractivity contribution in [2.45, 2.75) is 24.4 Å². The zero-order valence-electron chi connectivity index (χ0n) is 20.1. The van der Waals surface area contributed by atoms with Crippen molar-refractivity contribution in [3.8, 4) is 22.6 Å². The number of rotatable bonds is 7. The molecule has 0 saturated carbocycles. The van der Waals surface area contributed by atoms with E-state index < -0.39 is 0 Å². The first kappa shape index (κ1) is 23.2. The Kier molecular flexibility index (Phi) is 6.28. The number of furan rings is 1. The fourth-order valence-corrected chi connectivity index (χ4v) is 5.29. The third-order valence-corrected chi connectivity index (χ3v) is 7.28. The van der Waals surface area contributed by atoms with E-state index in [-0.39, 0.29) is 5.82 Å². The summed E-state index contributed by atoms with van der Waals surface area (Å²) in [4.78, 5) is 4.91. The van der Waals surface area contributed by atoms with Crippen LogP contribution in [0.4, 0.5) is 4.39 Å². The highest BCUT2D eigenvalue weighted by atomic mass is 32.2. The second kappa shape index (κ2) is 10.0. The summed E-state index contributed by atoms with van der Waals surface area (Å²) in [7, 11) is 0. The number of thioether (sulfide) groups is 1. The van der Waals surface area contributed by atoms with Crippen LogP contribution in [0.3, 0.4) is 0 Å². The Hall–Kier alpha value is -4.23. The lowest BCUT2D eigenvalue weighted by Gasteiger charge is -2.13. The first-order valence-corrected chi connectivity index (χ1v) is 12.9. The van der Waals surface area contributed by atoms with Crippen molar-refractivity contribution in [1.82, 2.24) is 19.7 Å². The van der Waals surface area contributed by atoms with Crippen LogP contribution >= 0.6 is 11.8 Å². The number of aryl methyl sites for hydroxylation is 1. The number of nitrogens with zero attached hydrogens (tertiary/aromatic N) is 4. The number of halogens is 1. The van der Waals surface area contributed by atoms with Gasteiger partial charge in [-0.2, -0.15) is 0 Å². The molecule has 3 aromatic heterocycles. The van der Waals surface area contributed by atoms with Crippen molar-refractivity contribution in [3.63, 3.8) is 0 Å². The highest BCUT2D eigenvalue weighted by Gasteiger charge is 2.20. The molecule has 6 aromatic rings. The molecule has 37 heavy (non-hydrogen) atoms. The lowest BCUT2D eigenvalue weighted by atomic mass is 10.0. The Morgan fingerprint density at radius 2 is 1.73 bits per heavy atom. The molecule has 0 spiro atoms. The van der Waals surface area contributed by atoms with Crippen LogP contribution in [-0.4, -0.2) is 19.7 Å². The summed E-state index contributed by atoms with van der Waals surface area (Å²) in [5, 5.41) is 10.8. The predicted molar refractivity (Wildman–Crippen MR) is 145 cm³/mol. The van der Waals surface area contributed by atoms with E-state index in [9.17, 15) is 4.39 Å². The molecule has 0 radical (unpaired) electrons. The molecule has 0 aliphatic rings. The minimum absolute atomic E-state index is 0.181. The molecule has 6 rings (SSSR count). The van der Waals surface area contributed by atoms with Gasteiger partial charge in [0, 0.05) is 22.3 Å². The summed E-state index contributed by atoms with van der Waals surface area (Å²) in [6.45, 7) is 2.23. The number of hydrogen-bond donors (Lipinski definition) is 0. The average Bonchev–Trinajstić information content (AvgIpc) is 3.60. The van der Waals surface area contributed by atoms with Crippen molar-refractivity contribution in [2.75, 3.05) is 0 Å². The molecule has 0 aliphatic heterocycles. The zero-order valence-corrected chi connectivity index (χ0v) is 21.0. The number of hydrogen-bond acceptors (Lipinski definition) is 5. The van der Waals surface area contributed by atoms with Crippen molar-refractivity contribution in [1.29, 1.82) is 0 Å². The fraction of sp³-hybridized carbons (Fsp3) is 0.100. The third kappa shape index (κ3) is 4.66. The predicted octanol–water partition coefficient (Wildman–Crippen LogP) is 7.54. The van der Waals surface area contributed by atoms with Gasteiger partial charge in [0.05, 0.1) is 24.0 Å². The lowest BCUT2D eigenvalue weighted by molar-refractivity contribution is 0.485. The second-order valence-electron chi connectivity index (χ2n) is 8.75. The van der Waals surface area contributed by atoms with Crippen LogP contribution in [0.2, 0.25) is 0 Å². The molecule has 0 fully saturated rings. The molecule has 5 nitrogen and oxygen atoms in total. The van der Waals surface area contributed by atoms with Gasteiger partial charge in [0.1, 0.15) is 11.6 Å².